The van der Waals surface area contributed by atoms with Crippen LogP contribution in [0.4, 0.5) is 0 Å². The number of furan rings is 1. The van der Waals surface area contributed by atoms with Crippen molar-refractivity contribution >= 4 is 21.4 Å². The Morgan fingerprint density at radius 3 is 3.00 bits per heavy atom. The number of aliphatic hydroxyl groups excluding tert-OH is 1. The largest absolute Gasteiger partial charge is 0.446 e. The predicted molar refractivity (Wildman–Crippen MR) is 75.0 cm³/mol. The smallest absolute Gasteiger partial charge is 0.274 e. The van der Waals surface area contributed by atoms with E-state index in [1.807, 2.05) is 11.4 Å². The number of hydrogen-bond acceptors (Lipinski definition) is 5. The molecule has 20 heavy (non-hydrogen) atoms. The van der Waals surface area contributed by atoms with Gasteiger partial charge in [0.1, 0.15) is 12.4 Å². The molecule has 3 rings (SSSR count). The van der Waals surface area contributed by atoms with Crippen LogP contribution in [0.1, 0.15) is 35.1 Å². The third-order valence-electron chi connectivity index (χ3n) is 3.41. The minimum Gasteiger partial charge on any atom is -0.446 e. The zero-order valence-corrected chi connectivity index (χ0v) is 12.3. The van der Waals surface area contributed by atoms with E-state index in [2.05, 4.69) is 4.72 Å². The van der Waals surface area contributed by atoms with Crippen molar-refractivity contribution < 1.29 is 17.9 Å². The van der Waals surface area contributed by atoms with Crippen LogP contribution in [0, 0.1) is 0 Å². The van der Waals surface area contributed by atoms with Gasteiger partial charge < -0.3 is 9.52 Å². The number of hydrogen-bond donors (Lipinski definition) is 2. The molecule has 0 saturated heterocycles. The van der Waals surface area contributed by atoms with Gasteiger partial charge in [-0.2, -0.15) is 0 Å². The fourth-order valence-electron chi connectivity index (χ4n) is 2.44. The molecule has 1 atom stereocenters. The van der Waals surface area contributed by atoms with Crippen LogP contribution in [0.3, 0.4) is 0 Å². The molecule has 2 heterocycles. The van der Waals surface area contributed by atoms with Crippen molar-refractivity contribution in [2.45, 2.75) is 37.0 Å². The van der Waals surface area contributed by atoms with Crippen LogP contribution in [-0.2, 0) is 23.1 Å². The van der Waals surface area contributed by atoms with Crippen LogP contribution in [-0.4, -0.2) is 13.5 Å². The highest BCUT2D eigenvalue weighted by atomic mass is 32.2. The van der Waals surface area contributed by atoms with Crippen LogP contribution in [0.2, 0.25) is 0 Å². The number of thiophene rings is 1. The van der Waals surface area contributed by atoms with E-state index in [0.717, 1.165) is 24.8 Å². The second-order valence-electron chi connectivity index (χ2n) is 4.74. The number of nitrogens with one attached hydrogen (secondary N) is 1. The standard InChI is InChI=1S/C13H15NO4S2/c15-8-9-4-5-13(18-9)20(16,17)14-11-2-1-3-12-10(11)6-7-19-12/h4-7,11,14-15H,1-3,8H2. The van der Waals surface area contributed by atoms with Gasteiger partial charge in [-0.05, 0) is 48.4 Å². The van der Waals surface area contributed by atoms with E-state index in [-0.39, 0.29) is 23.5 Å². The molecule has 1 aliphatic carbocycles. The first-order chi connectivity index (χ1) is 9.60. The predicted octanol–water partition coefficient (Wildman–Crippen LogP) is 2.19. The van der Waals surface area contributed by atoms with Crippen molar-refractivity contribution in [3.8, 4) is 0 Å². The quantitative estimate of drug-likeness (QED) is 0.907. The van der Waals surface area contributed by atoms with Gasteiger partial charge in [-0.3, -0.25) is 0 Å². The summed E-state index contributed by atoms with van der Waals surface area (Å²) in [6.07, 6.45) is 2.78. The zero-order chi connectivity index (χ0) is 14.2. The lowest BCUT2D eigenvalue weighted by atomic mass is 9.95. The Hall–Kier alpha value is -1.15. The molecule has 1 unspecified atom stereocenters. The van der Waals surface area contributed by atoms with Crippen LogP contribution < -0.4 is 4.72 Å². The van der Waals surface area contributed by atoms with Crippen LogP contribution in [0.15, 0.2) is 33.1 Å². The molecule has 1 aliphatic rings. The molecule has 0 amide bonds. The highest BCUT2D eigenvalue weighted by Gasteiger charge is 2.28. The fraction of sp³-hybridized carbons (Fsp3) is 0.385. The fourth-order valence-corrected chi connectivity index (χ4v) is 4.63. The maximum Gasteiger partial charge on any atom is 0.274 e. The van der Waals surface area contributed by atoms with Crippen molar-refractivity contribution in [1.29, 1.82) is 0 Å². The van der Waals surface area contributed by atoms with E-state index in [1.165, 1.54) is 17.0 Å². The first kappa shape index (κ1) is 13.8. The summed E-state index contributed by atoms with van der Waals surface area (Å²) >= 11 is 1.67. The van der Waals surface area contributed by atoms with Crippen LogP contribution >= 0.6 is 11.3 Å². The van der Waals surface area contributed by atoms with E-state index in [4.69, 9.17) is 9.52 Å². The average Bonchev–Trinajstić information content (AvgIpc) is 3.08. The highest BCUT2D eigenvalue weighted by molar-refractivity contribution is 7.89. The Morgan fingerprint density at radius 2 is 2.25 bits per heavy atom. The van der Waals surface area contributed by atoms with Crippen LogP contribution in [0.25, 0.3) is 0 Å². The van der Waals surface area contributed by atoms with Gasteiger partial charge in [0, 0.05) is 10.9 Å². The first-order valence-electron chi connectivity index (χ1n) is 6.38. The lowest BCUT2D eigenvalue weighted by Crippen LogP contribution is -2.30. The Bertz CT molecular complexity index is 702. The summed E-state index contributed by atoms with van der Waals surface area (Å²) in [5, 5.41) is 10.8. The molecular formula is C13H15NO4S2. The molecule has 0 aromatic carbocycles. The normalized spacial score (nSPS) is 18.9. The molecule has 0 aliphatic heterocycles. The van der Waals surface area contributed by atoms with Gasteiger partial charge in [0.15, 0.2) is 0 Å². The molecule has 2 aromatic heterocycles. The summed E-state index contributed by atoms with van der Waals surface area (Å²) < 4.78 is 32.4. The molecule has 0 bridgehead atoms. The van der Waals surface area contributed by atoms with Gasteiger partial charge in [-0.1, -0.05) is 0 Å². The molecule has 2 aromatic rings. The summed E-state index contributed by atoms with van der Waals surface area (Å²) in [5.74, 6) is 0.241. The Morgan fingerprint density at radius 1 is 1.40 bits per heavy atom. The molecule has 2 N–H and O–H groups in total. The summed E-state index contributed by atoms with van der Waals surface area (Å²) in [4.78, 5) is 1.25. The number of rotatable bonds is 4. The van der Waals surface area contributed by atoms with Crippen molar-refractivity contribution in [3.05, 3.63) is 39.8 Å². The first-order valence-corrected chi connectivity index (χ1v) is 8.74. The minimum absolute atomic E-state index is 0.149. The zero-order valence-electron chi connectivity index (χ0n) is 10.7. The van der Waals surface area contributed by atoms with E-state index in [9.17, 15) is 8.42 Å². The second-order valence-corrected chi connectivity index (χ2v) is 7.39. The van der Waals surface area contributed by atoms with Gasteiger partial charge >= 0.3 is 0 Å². The Labute approximate surface area is 121 Å². The van der Waals surface area contributed by atoms with Gasteiger partial charge in [-0.25, -0.2) is 13.1 Å². The number of sulfonamides is 1. The van der Waals surface area contributed by atoms with Gasteiger partial charge in [0.2, 0.25) is 5.09 Å². The van der Waals surface area contributed by atoms with Crippen molar-refractivity contribution in [3.63, 3.8) is 0 Å². The van der Waals surface area contributed by atoms with Crippen LogP contribution in [0.5, 0.6) is 0 Å². The average molecular weight is 313 g/mol. The third-order valence-corrected chi connectivity index (χ3v) is 5.75. The minimum atomic E-state index is -3.69. The highest BCUT2D eigenvalue weighted by Crippen LogP contribution is 2.34. The summed E-state index contributed by atoms with van der Waals surface area (Å²) in [7, 11) is -3.69. The molecule has 0 spiro atoms. The van der Waals surface area contributed by atoms with E-state index in [0.29, 0.717) is 0 Å². The van der Waals surface area contributed by atoms with Crippen molar-refractivity contribution in [1.82, 2.24) is 4.72 Å². The van der Waals surface area contributed by atoms with Gasteiger partial charge in [-0.15, -0.1) is 11.3 Å². The van der Waals surface area contributed by atoms with E-state index in [1.54, 1.807) is 11.3 Å². The number of fused-ring (bicyclic) bond motifs is 1. The maximum absolute atomic E-state index is 12.3. The molecule has 7 heteroatoms. The van der Waals surface area contributed by atoms with E-state index < -0.39 is 10.0 Å². The molecule has 0 saturated carbocycles. The topological polar surface area (TPSA) is 79.5 Å². The molecular weight excluding hydrogens is 298 g/mol. The summed E-state index contributed by atoms with van der Waals surface area (Å²) in [5.41, 5.74) is 1.07. The monoisotopic (exact) mass is 313 g/mol. The lowest BCUT2D eigenvalue weighted by molar-refractivity contribution is 0.236. The Kier molecular flexibility index (Phi) is 3.68. The maximum atomic E-state index is 12.3. The number of aliphatic hydroxyl groups is 1. The number of aryl methyl sites for hydroxylation is 1. The van der Waals surface area contributed by atoms with Gasteiger partial charge in [0.25, 0.3) is 10.0 Å². The SMILES string of the molecule is O=S(=O)(NC1CCCc2sccc21)c1ccc(CO)o1. The van der Waals surface area contributed by atoms with Crippen molar-refractivity contribution in [2.75, 3.05) is 0 Å². The molecule has 0 radical (unpaired) electrons. The lowest BCUT2D eigenvalue weighted by Gasteiger charge is -2.22. The molecule has 0 fully saturated rings. The summed E-state index contributed by atoms with van der Waals surface area (Å²) in [6.45, 7) is -0.312. The van der Waals surface area contributed by atoms with Crippen molar-refractivity contribution in [2.24, 2.45) is 0 Å². The summed E-state index contributed by atoms with van der Waals surface area (Å²) in [6, 6.07) is 4.61. The molecule has 5 nitrogen and oxygen atoms in total. The second kappa shape index (κ2) is 5.33. The third kappa shape index (κ3) is 2.54. The Balaban J connectivity index is 1.84. The van der Waals surface area contributed by atoms with Gasteiger partial charge in [0.05, 0.1) is 0 Å². The molecule has 108 valence electrons. The van der Waals surface area contributed by atoms with E-state index >= 15 is 0 Å².